The van der Waals surface area contributed by atoms with E-state index in [2.05, 4.69) is 32.3 Å². The van der Waals surface area contributed by atoms with E-state index in [1.54, 1.807) is 17.5 Å². The van der Waals surface area contributed by atoms with Gasteiger partial charge in [-0.15, -0.1) is 11.3 Å². The summed E-state index contributed by atoms with van der Waals surface area (Å²) in [4.78, 5) is 18.5. The Balaban J connectivity index is 1.76. The number of halogens is 1. The molecule has 0 saturated heterocycles. The van der Waals surface area contributed by atoms with Gasteiger partial charge >= 0.3 is 0 Å². The molecule has 1 aliphatic rings. The first-order valence-corrected chi connectivity index (χ1v) is 8.69. The minimum absolute atomic E-state index is 0.0417. The molecule has 0 atom stereocenters. The zero-order valence-corrected chi connectivity index (χ0v) is 13.5. The molecule has 0 radical (unpaired) electrons. The Morgan fingerprint density at radius 2 is 2.11 bits per heavy atom. The van der Waals surface area contributed by atoms with Crippen LogP contribution in [-0.2, 0) is 12.8 Å². The van der Waals surface area contributed by atoms with Crippen LogP contribution in [0.3, 0.4) is 0 Å². The van der Waals surface area contributed by atoms with Gasteiger partial charge in [-0.2, -0.15) is 0 Å². The molecule has 19 heavy (non-hydrogen) atoms. The number of amides is 1. The molecule has 1 N–H and O–H groups in total. The maximum Gasteiger partial charge on any atom is 0.267 e. The van der Waals surface area contributed by atoms with Crippen molar-refractivity contribution >= 4 is 49.6 Å². The monoisotopic (exact) mass is 356 g/mol. The number of nitrogens with one attached hydrogen (secondary N) is 1. The minimum Gasteiger partial charge on any atom is -0.297 e. The lowest BCUT2D eigenvalue weighted by molar-refractivity contribution is 0.103. The van der Waals surface area contributed by atoms with Gasteiger partial charge in [-0.1, -0.05) is 17.8 Å². The molecular weight excluding hydrogens is 344 g/mol. The van der Waals surface area contributed by atoms with Crippen LogP contribution < -0.4 is 5.32 Å². The van der Waals surface area contributed by atoms with Gasteiger partial charge in [0, 0.05) is 4.88 Å². The summed E-state index contributed by atoms with van der Waals surface area (Å²) in [7, 11) is 0. The van der Waals surface area contributed by atoms with Crippen molar-refractivity contribution in [1.82, 2.24) is 4.98 Å². The number of aryl methyl sites for hydroxylation is 2. The summed E-state index contributed by atoms with van der Waals surface area (Å²) in [6.07, 6.45) is 7.72. The molecule has 0 aliphatic heterocycles. The molecule has 0 unspecified atom stereocenters. The van der Waals surface area contributed by atoms with E-state index in [9.17, 15) is 4.79 Å². The van der Waals surface area contributed by atoms with Crippen molar-refractivity contribution in [2.75, 3.05) is 5.32 Å². The van der Waals surface area contributed by atoms with E-state index < -0.39 is 0 Å². The average Bonchev–Trinajstić information content (AvgIpc) is 2.91. The molecule has 1 amide bonds. The van der Waals surface area contributed by atoms with Gasteiger partial charge in [-0.25, -0.2) is 4.98 Å². The highest BCUT2D eigenvalue weighted by atomic mass is 79.9. The highest BCUT2D eigenvalue weighted by Gasteiger charge is 2.17. The van der Waals surface area contributed by atoms with Gasteiger partial charge in [-0.3, -0.25) is 10.1 Å². The molecule has 0 spiro atoms. The Kier molecular flexibility index (Phi) is 4.00. The minimum atomic E-state index is -0.0417. The number of carbonyl (C=O) groups is 1. The molecule has 100 valence electrons. The van der Waals surface area contributed by atoms with Gasteiger partial charge in [0.25, 0.3) is 5.91 Å². The zero-order chi connectivity index (χ0) is 13.2. The molecule has 0 bridgehead atoms. The molecule has 3 rings (SSSR count). The normalized spacial score (nSPS) is 14.8. The van der Waals surface area contributed by atoms with Gasteiger partial charge in [0.05, 0.1) is 14.9 Å². The Morgan fingerprint density at radius 1 is 1.26 bits per heavy atom. The van der Waals surface area contributed by atoms with Crippen LogP contribution in [-0.4, -0.2) is 10.9 Å². The second-order valence-corrected chi connectivity index (χ2v) is 8.09. The number of thiazole rings is 1. The number of hydrogen-bond donors (Lipinski definition) is 1. The second kappa shape index (κ2) is 5.73. The van der Waals surface area contributed by atoms with Crippen LogP contribution in [0, 0.1) is 0 Å². The number of rotatable bonds is 2. The van der Waals surface area contributed by atoms with E-state index in [0.29, 0.717) is 5.13 Å². The average molecular weight is 357 g/mol. The molecule has 3 nitrogen and oxygen atoms in total. The summed E-state index contributed by atoms with van der Waals surface area (Å²) >= 11 is 6.40. The summed E-state index contributed by atoms with van der Waals surface area (Å²) in [5.74, 6) is -0.0417. The van der Waals surface area contributed by atoms with Gasteiger partial charge in [0.15, 0.2) is 5.13 Å². The van der Waals surface area contributed by atoms with Gasteiger partial charge in [0.2, 0.25) is 0 Å². The van der Waals surface area contributed by atoms with Crippen molar-refractivity contribution in [3.8, 4) is 0 Å². The predicted octanol–water partition coefficient (Wildman–Crippen LogP) is 4.49. The van der Waals surface area contributed by atoms with Crippen molar-refractivity contribution in [1.29, 1.82) is 0 Å². The maximum atomic E-state index is 12.2. The molecular formula is C13H13BrN2OS2. The van der Waals surface area contributed by atoms with E-state index in [-0.39, 0.29) is 5.91 Å². The van der Waals surface area contributed by atoms with Crippen LogP contribution in [0.15, 0.2) is 16.0 Å². The lowest BCUT2D eigenvalue weighted by Crippen LogP contribution is -2.09. The molecule has 2 heterocycles. The largest absolute Gasteiger partial charge is 0.297 e. The molecule has 2 aromatic heterocycles. The molecule has 0 saturated carbocycles. The third-order valence-corrected chi connectivity index (χ3v) is 5.80. The van der Waals surface area contributed by atoms with Crippen molar-refractivity contribution in [3.05, 3.63) is 31.4 Å². The second-order valence-electron chi connectivity index (χ2n) is 4.54. The predicted molar refractivity (Wildman–Crippen MR) is 83.3 cm³/mol. The van der Waals surface area contributed by atoms with E-state index in [0.717, 1.165) is 21.5 Å². The Labute approximate surface area is 128 Å². The van der Waals surface area contributed by atoms with Gasteiger partial charge < -0.3 is 0 Å². The summed E-state index contributed by atoms with van der Waals surface area (Å²) < 4.78 is 0.921. The fourth-order valence-corrected chi connectivity index (χ4v) is 4.50. The lowest BCUT2D eigenvalue weighted by Gasteiger charge is -1.98. The van der Waals surface area contributed by atoms with Crippen molar-refractivity contribution in [2.45, 2.75) is 32.1 Å². The number of aromatic nitrogens is 1. The van der Waals surface area contributed by atoms with Crippen LogP contribution in [0.5, 0.6) is 0 Å². The van der Waals surface area contributed by atoms with Crippen molar-refractivity contribution < 1.29 is 4.79 Å². The first-order valence-electron chi connectivity index (χ1n) is 6.26. The number of carbonyl (C=O) groups excluding carboxylic acids is 1. The maximum absolute atomic E-state index is 12.2. The lowest BCUT2D eigenvalue weighted by atomic mass is 10.1. The van der Waals surface area contributed by atoms with E-state index in [1.165, 1.54) is 41.0 Å². The highest BCUT2D eigenvalue weighted by molar-refractivity contribution is 9.11. The molecule has 2 aromatic rings. The Morgan fingerprint density at radius 3 is 2.89 bits per heavy atom. The summed E-state index contributed by atoms with van der Waals surface area (Å²) in [5, 5.41) is 3.49. The van der Waals surface area contributed by atoms with Crippen molar-refractivity contribution in [3.63, 3.8) is 0 Å². The van der Waals surface area contributed by atoms with Crippen LogP contribution in [0.1, 0.15) is 39.4 Å². The number of nitrogens with zero attached hydrogens (tertiary/aromatic N) is 1. The Hall–Kier alpha value is -0.720. The third-order valence-electron chi connectivity index (χ3n) is 3.17. The number of fused-ring (bicyclic) bond motifs is 1. The Bertz CT molecular complexity index is 582. The summed E-state index contributed by atoms with van der Waals surface area (Å²) in [6, 6.07) is 2.06. The summed E-state index contributed by atoms with van der Waals surface area (Å²) in [5.41, 5.74) is 1.37. The number of anilines is 1. The van der Waals surface area contributed by atoms with Crippen LogP contribution >= 0.6 is 38.6 Å². The first-order chi connectivity index (χ1) is 9.22. The van der Waals surface area contributed by atoms with Gasteiger partial charge in [0.1, 0.15) is 0 Å². The van der Waals surface area contributed by atoms with E-state index in [1.807, 2.05) is 0 Å². The quantitative estimate of drug-likeness (QED) is 0.805. The smallest absolute Gasteiger partial charge is 0.267 e. The third kappa shape index (κ3) is 3.07. The van der Waals surface area contributed by atoms with Crippen LogP contribution in [0.4, 0.5) is 5.13 Å². The topological polar surface area (TPSA) is 42.0 Å². The molecule has 1 aliphatic carbocycles. The summed E-state index contributed by atoms with van der Waals surface area (Å²) in [6.45, 7) is 0. The molecule has 0 aromatic carbocycles. The first kappa shape index (κ1) is 13.3. The van der Waals surface area contributed by atoms with Crippen LogP contribution in [0.2, 0.25) is 0 Å². The van der Waals surface area contributed by atoms with Gasteiger partial charge in [-0.05, 0) is 53.2 Å². The van der Waals surface area contributed by atoms with E-state index >= 15 is 0 Å². The van der Waals surface area contributed by atoms with E-state index in [4.69, 9.17) is 0 Å². The number of hydrogen-bond acceptors (Lipinski definition) is 4. The molecule has 6 heteroatoms. The fourth-order valence-electron chi connectivity index (χ4n) is 2.25. The highest BCUT2D eigenvalue weighted by Crippen LogP contribution is 2.30. The van der Waals surface area contributed by atoms with Crippen molar-refractivity contribution in [2.24, 2.45) is 0 Å². The number of thiophene rings is 1. The zero-order valence-electron chi connectivity index (χ0n) is 10.2. The standard InChI is InChI=1S/C13H13BrN2OS2/c14-11-7-15-13(19-11)16-12(17)10-6-8-4-2-1-3-5-9(8)18-10/h6-7H,1-5H2,(H,15,16,17). The fraction of sp³-hybridized carbons (Fsp3) is 0.385. The van der Waals surface area contributed by atoms with Crippen LogP contribution in [0.25, 0.3) is 0 Å². The SMILES string of the molecule is O=C(Nc1ncc(Br)s1)c1cc2c(s1)CCCCC2. The molecule has 0 fully saturated rings.